The summed E-state index contributed by atoms with van der Waals surface area (Å²) in [4.78, 5) is 22.3. The van der Waals surface area contributed by atoms with Gasteiger partial charge in [0.25, 0.3) is 0 Å². The van der Waals surface area contributed by atoms with Crippen LogP contribution in [0, 0.1) is 5.41 Å². The van der Waals surface area contributed by atoms with Crippen molar-refractivity contribution in [2.45, 2.75) is 38.6 Å². The minimum absolute atomic E-state index is 0.0365. The lowest BCUT2D eigenvalue weighted by Crippen LogP contribution is -2.45. The number of aliphatic carboxylic acids is 1. The lowest BCUT2D eigenvalue weighted by molar-refractivity contribution is -0.140. The molecule has 1 amide bonds. The number of carbonyl (C=O) groups excluding carboxylic acids is 1. The van der Waals surface area contributed by atoms with Crippen LogP contribution in [0.1, 0.15) is 32.6 Å². The number of hydrogen-bond donors (Lipinski definition) is 2. The fraction of sp³-hybridized carbons (Fsp3) is 0.667. The van der Waals surface area contributed by atoms with Gasteiger partial charge in [0.2, 0.25) is 0 Å². The quantitative estimate of drug-likeness (QED) is 0.697. The Morgan fingerprint density at radius 1 is 1.59 bits per heavy atom. The summed E-state index contributed by atoms with van der Waals surface area (Å²) in [6.07, 6.45) is 4.33. The predicted octanol–water partition coefficient (Wildman–Crippen LogP) is 1.93. The van der Waals surface area contributed by atoms with E-state index in [1.54, 1.807) is 0 Å². The largest absolute Gasteiger partial charge is 0.480 e. The number of alkyl carbamates (subject to hydrolysis) is 1. The molecule has 1 fully saturated rings. The molecule has 1 unspecified atom stereocenters. The molecule has 0 heterocycles. The van der Waals surface area contributed by atoms with E-state index in [4.69, 9.17) is 9.84 Å². The van der Waals surface area contributed by atoms with E-state index in [0.717, 1.165) is 19.3 Å². The Morgan fingerprint density at radius 2 is 2.24 bits per heavy atom. The number of amides is 1. The summed E-state index contributed by atoms with van der Waals surface area (Å²) in [5, 5.41) is 11.4. The number of rotatable bonds is 6. The monoisotopic (exact) mass is 241 g/mol. The molecule has 0 spiro atoms. The fourth-order valence-electron chi connectivity index (χ4n) is 2.00. The average molecular weight is 241 g/mol. The number of nitrogens with one attached hydrogen (secondary N) is 1. The first-order valence-corrected chi connectivity index (χ1v) is 5.74. The second-order valence-corrected chi connectivity index (χ2v) is 4.79. The first kappa shape index (κ1) is 13.5. The van der Waals surface area contributed by atoms with Crippen molar-refractivity contribution in [2.24, 2.45) is 5.41 Å². The highest BCUT2D eigenvalue weighted by Gasteiger charge is 2.37. The molecule has 2 N–H and O–H groups in total. The molecule has 5 heteroatoms. The molecular formula is C12H19NO4. The van der Waals surface area contributed by atoms with E-state index >= 15 is 0 Å². The summed E-state index contributed by atoms with van der Waals surface area (Å²) in [6, 6.07) is -0.877. The summed E-state index contributed by atoms with van der Waals surface area (Å²) in [5.74, 6) is -1.02. The van der Waals surface area contributed by atoms with Gasteiger partial charge in [-0.3, -0.25) is 0 Å². The van der Waals surface area contributed by atoms with Crippen molar-refractivity contribution >= 4 is 12.1 Å². The smallest absolute Gasteiger partial charge is 0.408 e. The maximum atomic E-state index is 11.3. The summed E-state index contributed by atoms with van der Waals surface area (Å²) in [5.41, 5.74) is 0.0365. The molecule has 0 aromatic rings. The fourth-order valence-corrected chi connectivity index (χ4v) is 2.00. The van der Waals surface area contributed by atoms with Crippen molar-refractivity contribution < 1.29 is 19.4 Å². The summed E-state index contributed by atoms with van der Waals surface area (Å²) < 4.78 is 4.71. The van der Waals surface area contributed by atoms with Crippen LogP contribution in [0.5, 0.6) is 0 Å². The third-order valence-corrected chi connectivity index (χ3v) is 3.18. The summed E-state index contributed by atoms with van der Waals surface area (Å²) in [6.45, 7) is 5.53. The average Bonchev–Trinajstić information content (AvgIpc) is 2.23. The number of carbonyl (C=O) groups is 2. The molecule has 0 bridgehead atoms. The molecule has 0 aromatic carbocycles. The van der Waals surface area contributed by atoms with Crippen LogP contribution >= 0.6 is 0 Å². The Labute approximate surface area is 101 Å². The second kappa shape index (κ2) is 5.70. The van der Waals surface area contributed by atoms with E-state index < -0.39 is 18.1 Å². The lowest BCUT2D eigenvalue weighted by Gasteiger charge is -2.40. The maximum Gasteiger partial charge on any atom is 0.408 e. The number of ether oxygens (including phenoxy) is 1. The minimum Gasteiger partial charge on any atom is -0.480 e. The summed E-state index contributed by atoms with van der Waals surface area (Å²) in [7, 11) is 0. The van der Waals surface area contributed by atoms with Crippen molar-refractivity contribution in [3.63, 3.8) is 0 Å². The van der Waals surface area contributed by atoms with Crippen LogP contribution in [0.4, 0.5) is 4.79 Å². The van der Waals surface area contributed by atoms with Gasteiger partial charge < -0.3 is 15.2 Å². The molecular weight excluding hydrogens is 222 g/mol. The Kier molecular flexibility index (Phi) is 4.54. The van der Waals surface area contributed by atoms with Gasteiger partial charge in [-0.2, -0.15) is 0 Å². The van der Waals surface area contributed by atoms with Gasteiger partial charge in [-0.1, -0.05) is 26.0 Å². The third kappa shape index (κ3) is 4.09. The van der Waals surface area contributed by atoms with Crippen LogP contribution in [0.15, 0.2) is 12.7 Å². The molecule has 17 heavy (non-hydrogen) atoms. The Hall–Kier alpha value is -1.52. The topological polar surface area (TPSA) is 75.6 Å². The van der Waals surface area contributed by atoms with E-state index in [2.05, 4.69) is 11.9 Å². The molecule has 0 saturated heterocycles. The molecule has 5 nitrogen and oxygen atoms in total. The van der Waals surface area contributed by atoms with Crippen molar-refractivity contribution in [2.75, 3.05) is 6.61 Å². The van der Waals surface area contributed by atoms with Crippen LogP contribution < -0.4 is 5.32 Å². The Balaban J connectivity index is 2.45. The van der Waals surface area contributed by atoms with Gasteiger partial charge in [-0.25, -0.2) is 9.59 Å². The van der Waals surface area contributed by atoms with Crippen LogP contribution in [0.3, 0.4) is 0 Å². The molecule has 0 radical (unpaired) electrons. The van der Waals surface area contributed by atoms with E-state index in [-0.39, 0.29) is 12.0 Å². The lowest BCUT2D eigenvalue weighted by atomic mass is 9.67. The van der Waals surface area contributed by atoms with Crippen molar-refractivity contribution in [1.82, 2.24) is 5.32 Å². The van der Waals surface area contributed by atoms with Crippen LogP contribution in [-0.4, -0.2) is 29.8 Å². The van der Waals surface area contributed by atoms with Gasteiger partial charge in [0.15, 0.2) is 0 Å². The maximum absolute atomic E-state index is 11.3. The highest BCUT2D eigenvalue weighted by atomic mass is 16.5. The van der Waals surface area contributed by atoms with E-state index in [0.29, 0.717) is 6.42 Å². The van der Waals surface area contributed by atoms with Gasteiger partial charge in [0, 0.05) is 0 Å². The van der Waals surface area contributed by atoms with E-state index in [9.17, 15) is 9.59 Å². The van der Waals surface area contributed by atoms with Crippen molar-refractivity contribution in [3.8, 4) is 0 Å². The van der Waals surface area contributed by atoms with Gasteiger partial charge >= 0.3 is 12.1 Å². The molecule has 96 valence electrons. The van der Waals surface area contributed by atoms with E-state index in [1.807, 2.05) is 6.92 Å². The molecule has 1 rings (SSSR count). The number of hydrogen-bond acceptors (Lipinski definition) is 3. The zero-order valence-electron chi connectivity index (χ0n) is 10.1. The van der Waals surface area contributed by atoms with Crippen LogP contribution in [0.25, 0.3) is 0 Å². The van der Waals surface area contributed by atoms with Gasteiger partial charge in [-0.05, 0) is 24.7 Å². The van der Waals surface area contributed by atoms with Crippen LogP contribution in [-0.2, 0) is 9.53 Å². The van der Waals surface area contributed by atoms with Gasteiger partial charge in [-0.15, -0.1) is 0 Å². The summed E-state index contributed by atoms with van der Waals surface area (Å²) >= 11 is 0. The number of carboxylic acids is 1. The molecule has 1 aliphatic rings. The highest BCUT2D eigenvalue weighted by Crippen LogP contribution is 2.44. The molecule has 1 atom stereocenters. The second-order valence-electron chi connectivity index (χ2n) is 4.79. The zero-order valence-corrected chi connectivity index (χ0v) is 10.1. The first-order chi connectivity index (χ1) is 7.97. The van der Waals surface area contributed by atoms with Gasteiger partial charge in [0.1, 0.15) is 12.6 Å². The highest BCUT2D eigenvalue weighted by molar-refractivity contribution is 5.79. The molecule has 0 aromatic heterocycles. The molecule has 0 aliphatic heterocycles. The Morgan fingerprint density at radius 3 is 2.65 bits per heavy atom. The Bertz CT molecular complexity index is 310. The minimum atomic E-state index is -1.02. The zero-order chi connectivity index (χ0) is 12.9. The first-order valence-electron chi connectivity index (χ1n) is 5.74. The SMILES string of the molecule is C=CCOC(=O)NC(CC1(C)CCC1)C(=O)O. The van der Waals surface area contributed by atoms with Crippen molar-refractivity contribution in [3.05, 3.63) is 12.7 Å². The molecule has 1 saturated carbocycles. The van der Waals surface area contributed by atoms with E-state index in [1.165, 1.54) is 6.08 Å². The van der Waals surface area contributed by atoms with Gasteiger partial charge in [0.05, 0.1) is 0 Å². The van der Waals surface area contributed by atoms with Crippen LogP contribution in [0.2, 0.25) is 0 Å². The normalized spacial score (nSPS) is 18.6. The third-order valence-electron chi connectivity index (χ3n) is 3.18. The molecule has 1 aliphatic carbocycles. The predicted molar refractivity (Wildman–Crippen MR) is 62.7 cm³/mol. The standard InChI is InChI=1S/C12H19NO4/c1-3-7-17-11(16)13-9(10(14)15)8-12(2)5-4-6-12/h3,9H,1,4-8H2,2H3,(H,13,16)(H,14,15). The van der Waals surface area contributed by atoms with Crippen molar-refractivity contribution in [1.29, 1.82) is 0 Å². The number of carboxylic acid groups (broad SMARTS) is 1.